The summed E-state index contributed by atoms with van der Waals surface area (Å²) in [6.45, 7) is 0. The lowest BCUT2D eigenvalue weighted by Crippen LogP contribution is -1.86. The van der Waals surface area contributed by atoms with Crippen molar-refractivity contribution in [3.63, 3.8) is 0 Å². The SMILES string of the molecule is COc1ccc(-c2ccc3nccn3c2)cc1. The molecule has 0 bridgehead atoms. The van der Waals surface area contributed by atoms with Crippen molar-refractivity contribution in [2.45, 2.75) is 0 Å². The number of rotatable bonds is 2. The molecule has 0 aliphatic rings. The minimum Gasteiger partial charge on any atom is -0.497 e. The number of methoxy groups -OCH3 is 1. The zero-order valence-corrected chi connectivity index (χ0v) is 9.50. The van der Waals surface area contributed by atoms with Gasteiger partial charge in [-0.2, -0.15) is 0 Å². The minimum atomic E-state index is 0.873. The lowest BCUT2D eigenvalue weighted by molar-refractivity contribution is 0.415. The molecular weight excluding hydrogens is 212 g/mol. The molecule has 0 saturated carbocycles. The summed E-state index contributed by atoms with van der Waals surface area (Å²) in [5, 5.41) is 0. The van der Waals surface area contributed by atoms with Gasteiger partial charge in [-0.25, -0.2) is 4.98 Å². The lowest BCUT2D eigenvalue weighted by atomic mass is 10.1. The molecule has 0 aliphatic heterocycles. The van der Waals surface area contributed by atoms with Gasteiger partial charge in [0.1, 0.15) is 11.4 Å². The van der Waals surface area contributed by atoms with E-state index in [2.05, 4.69) is 29.4 Å². The first-order chi connectivity index (χ1) is 8.36. The van der Waals surface area contributed by atoms with Crippen LogP contribution in [0.3, 0.4) is 0 Å². The molecule has 0 unspecified atom stereocenters. The van der Waals surface area contributed by atoms with E-state index in [1.807, 2.05) is 28.8 Å². The predicted molar refractivity (Wildman–Crippen MR) is 67.2 cm³/mol. The molecular formula is C14H12N2O. The molecule has 84 valence electrons. The predicted octanol–water partition coefficient (Wildman–Crippen LogP) is 3.01. The van der Waals surface area contributed by atoms with Crippen LogP contribution in [0.15, 0.2) is 55.0 Å². The van der Waals surface area contributed by atoms with E-state index >= 15 is 0 Å². The molecule has 0 N–H and O–H groups in total. The highest BCUT2D eigenvalue weighted by atomic mass is 16.5. The maximum absolute atomic E-state index is 5.15. The quantitative estimate of drug-likeness (QED) is 0.669. The fraction of sp³-hybridized carbons (Fsp3) is 0.0714. The summed E-state index contributed by atoms with van der Waals surface area (Å²) in [5.41, 5.74) is 3.29. The zero-order valence-electron chi connectivity index (χ0n) is 9.50. The fourth-order valence-corrected chi connectivity index (χ4v) is 1.87. The van der Waals surface area contributed by atoms with E-state index < -0.39 is 0 Å². The Morgan fingerprint density at radius 1 is 1.00 bits per heavy atom. The number of fused-ring (bicyclic) bond motifs is 1. The number of imidazole rings is 1. The van der Waals surface area contributed by atoms with E-state index in [0.29, 0.717) is 0 Å². The molecule has 2 heterocycles. The van der Waals surface area contributed by atoms with Crippen molar-refractivity contribution >= 4 is 5.65 Å². The molecule has 0 spiro atoms. The Bertz CT molecular complexity index is 641. The van der Waals surface area contributed by atoms with Crippen LogP contribution >= 0.6 is 0 Å². The molecule has 0 atom stereocenters. The van der Waals surface area contributed by atoms with Gasteiger partial charge >= 0.3 is 0 Å². The third-order valence-corrected chi connectivity index (χ3v) is 2.81. The first-order valence-electron chi connectivity index (χ1n) is 5.44. The molecule has 2 aromatic heterocycles. The van der Waals surface area contributed by atoms with Crippen LogP contribution in [0.5, 0.6) is 5.75 Å². The normalized spacial score (nSPS) is 10.6. The van der Waals surface area contributed by atoms with Crippen LogP contribution < -0.4 is 4.74 Å². The lowest BCUT2D eigenvalue weighted by Gasteiger charge is -2.04. The number of hydrogen-bond donors (Lipinski definition) is 0. The molecule has 1 aromatic carbocycles. The van der Waals surface area contributed by atoms with Gasteiger partial charge in [0.15, 0.2) is 0 Å². The van der Waals surface area contributed by atoms with Crippen molar-refractivity contribution < 1.29 is 4.74 Å². The summed E-state index contributed by atoms with van der Waals surface area (Å²) in [6, 6.07) is 12.1. The Labute approximate surface area is 99.3 Å². The first kappa shape index (κ1) is 9.90. The van der Waals surface area contributed by atoms with Crippen molar-refractivity contribution in [1.29, 1.82) is 0 Å². The van der Waals surface area contributed by atoms with Crippen molar-refractivity contribution in [3.8, 4) is 16.9 Å². The molecule has 17 heavy (non-hydrogen) atoms. The smallest absolute Gasteiger partial charge is 0.136 e. The van der Waals surface area contributed by atoms with Crippen molar-refractivity contribution in [2.24, 2.45) is 0 Å². The van der Waals surface area contributed by atoms with Gasteiger partial charge in [0, 0.05) is 18.6 Å². The Morgan fingerprint density at radius 2 is 1.76 bits per heavy atom. The van der Waals surface area contributed by atoms with Crippen molar-refractivity contribution in [1.82, 2.24) is 9.38 Å². The molecule has 0 saturated heterocycles. The maximum atomic E-state index is 5.15. The Kier molecular flexibility index (Phi) is 2.29. The number of ether oxygens (including phenoxy) is 1. The molecule has 3 heteroatoms. The summed E-state index contributed by atoms with van der Waals surface area (Å²) in [4.78, 5) is 4.22. The summed E-state index contributed by atoms with van der Waals surface area (Å²) in [5.74, 6) is 0.873. The molecule has 0 aliphatic carbocycles. The van der Waals surface area contributed by atoms with E-state index in [0.717, 1.165) is 17.0 Å². The number of nitrogens with zero attached hydrogens (tertiary/aromatic N) is 2. The highest BCUT2D eigenvalue weighted by Gasteiger charge is 2.00. The highest BCUT2D eigenvalue weighted by molar-refractivity contribution is 5.65. The summed E-state index contributed by atoms with van der Waals surface area (Å²) in [6.07, 6.45) is 5.82. The molecule has 3 aromatic rings. The Morgan fingerprint density at radius 3 is 2.53 bits per heavy atom. The third kappa shape index (κ3) is 1.76. The molecule has 0 fully saturated rings. The second-order valence-corrected chi connectivity index (χ2v) is 3.84. The van der Waals surface area contributed by atoms with E-state index in [-0.39, 0.29) is 0 Å². The van der Waals surface area contributed by atoms with Gasteiger partial charge in [0.25, 0.3) is 0 Å². The number of pyridine rings is 1. The molecule has 3 nitrogen and oxygen atoms in total. The second kappa shape index (κ2) is 3.94. The van der Waals surface area contributed by atoms with E-state index in [1.54, 1.807) is 13.3 Å². The van der Waals surface area contributed by atoms with Crippen molar-refractivity contribution in [2.75, 3.05) is 7.11 Å². The van der Waals surface area contributed by atoms with Crippen LogP contribution in [0.4, 0.5) is 0 Å². The first-order valence-corrected chi connectivity index (χ1v) is 5.44. The van der Waals surface area contributed by atoms with E-state index in [4.69, 9.17) is 4.74 Å². The Balaban J connectivity index is 2.06. The van der Waals surface area contributed by atoms with Gasteiger partial charge in [-0.3, -0.25) is 0 Å². The number of aromatic nitrogens is 2. The second-order valence-electron chi connectivity index (χ2n) is 3.84. The van der Waals surface area contributed by atoms with Gasteiger partial charge in [0.2, 0.25) is 0 Å². The van der Waals surface area contributed by atoms with Gasteiger partial charge in [0.05, 0.1) is 7.11 Å². The molecule has 0 radical (unpaired) electrons. The average Bonchev–Trinajstić information content (AvgIpc) is 2.86. The highest BCUT2D eigenvalue weighted by Crippen LogP contribution is 2.22. The summed E-state index contributed by atoms with van der Waals surface area (Å²) in [7, 11) is 1.67. The number of hydrogen-bond acceptors (Lipinski definition) is 2. The van der Waals surface area contributed by atoms with Crippen LogP contribution in [0, 0.1) is 0 Å². The summed E-state index contributed by atoms with van der Waals surface area (Å²) < 4.78 is 7.16. The van der Waals surface area contributed by atoms with Crippen LogP contribution in [-0.4, -0.2) is 16.5 Å². The average molecular weight is 224 g/mol. The monoisotopic (exact) mass is 224 g/mol. The summed E-state index contributed by atoms with van der Waals surface area (Å²) >= 11 is 0. The fourth-order valence-electron chi connectivity index (χ4n) is 1.87. The van der Waals surface area contributed by atoms with E-state index in [9.17, 15) is 0 Å². The van der Waals surface area contributed by atoms with Crippen LogP contribution in [0.2, 0.25) is 0 Å². The van der Waals surface area contributed by atoms with Crippen molar-refractivity contribution in [3.05, 3.63) is 55.0 Å². The van der Waals surface area contributed by atoms with E-state index in [1.165, 1.54) is 5.56 Å². The zero-order chi connectivity index (χ0) is 11.7. The number of benzene rings is 1. The van der Waals surface area contributed by atoms with Gasteiger partial charge in [-0.1, -0.05) is 12.1 Å². The van der Waals surface area contributed by atoms with Crippen LogP contribution in [0.25, 0.3) is 16.8 Å². The third-order valence-electron chi connectivity index (χ3n) is 2.81. The van der Waals surface area contributed by atoms with Gasteiger partial charge in [-0.05, 0) is 35.4 Å². The standard InChI is InChI=1S/C14H12N2O/c1-17-13-5-2-11(3-6-13)12-4-7-14-15-8-9-16(14)10-12/h2-10H,1H3. The molecule has 0 amide bonds. The van der Waals surface area contributed by atoms with Gasteiger partial charge < -0.3 is 9.14 Å². The van der Waals surface area contributed by atoms with Crippen LogP contribution in [-0.2, 0) is 0 Å². The maximum Gasteiger partial charge on any atom is 0.136 e. The Hall–Kier alpha value is -2.29. The largest absolute Gasteiger partial charge is 0.497 e. The van der Waals surface area contributed by atoms with Gasteiger partial charge in [-0.15, -0.1) is 0 Å². The topological polar surface area (TPSA) is 26.5 Å². The van der Waals surface area contributed by atoms with Crippen LogP contribution in [0.1, 0.15) is 0 Å². The molecule has 3 rings (SSSR count). The minimum absolute atomic E-state index is 0.873.